The molecule has 0 radical (unpaired) electrons. The van der Waals surface area contributed by atoms with Gasteiger partial charge in [-0.2, -0.15) is 0 Å². The lowest BCUT2D eigenvalue weighted by Crippen LogP contribution is -2.49. The minimum Gasteiger partial charge on any atom is -0.356 e. The largest absolute Gasteiger partial charge is 0.356 e. The Hall–Kier alpha value is -2.77. The number of rotatable bonds is 7. The molecular weight excluding hydrogens is 444 g/mol. The number of hydrogen-bond acceptors (Lipinski definition) is 5. The van der Waals surface area contributed by atoms with Gasteiger partial charge in [-0.15, -0.1) is 11.3 Å². The number of carbonyl (C=O) groups excluding carboxylic acids is 2. The second kappa shape index (κ2) is 10.7. The van der Waals surface area contributed by atoms with Crippen LogP contribution >= 0.6 is 11.3 Å². The molecule has 2 atom stereocenters. The number of nitrogens with zero attached hydrogens (tertiary/aromatic N) is 2. The van der Waals surface area contributed by atoms with Crippen molar-refractivity contribution in [2.24, 2.45) is 11.8 Å². The van der Waals surface area contributed by atoms with Crippen LogP contribution in [0.1, 0.15) is 39.2 Å². The van der Waals surface area contributed by atoms with Crippen LogP contribution < -0.4 is 10.6 Å². The lowest BCUT2D eigenvalue weighted by Gasteiger charge is -2.36. The fourth-order valence-corrected chi connectivity index (χ4v) is 5.40. The molecule has 2 heterocycles. The molecule has 1 aliphatic rings. The molecular formula is C27H34N4O2S. The first kappa shape index (κ1) is 24.4. The Balaban J connectivity index is 1.34. The van der Waals surface area contributed by atoms with Crippen molar-refractivity contribution in [3.63, 3.8) is 0 Å². The normalized spacial score (nSPS) is 17.6. The van der Waals surface area contributed by atoms with E-state index in [9.17, 15) is 9.59 Å². The Morgan fingerprint density at radius 2 is 1.88 bits per heavy atom. The van der Waals surface area contributed by atoms with E-state index in [0.717, 1.165) is 47.7 Å². The Morgan fingerprint density at radius 3 is 2.62 bits per heavy atom. The summed E-state index contributed by atoms with van der Waals surface area (Å²) < 4.78 is 1.19. The summed E-state index contributed by atoms with van der Waals surface area (Å²) >= 11 is 1.68. The van der Waals surface area contributed by atoms with Gasteiger partial charge < -0.3 is 10.6 Å². The zero-order valence-electron chi connectivity index (χ0n) is 20.4. The lowest BCUT2D eigenvalue weighted by molar-refractivity contribution is -0.125. The Kier molecular flexibility index (Phi) is 7.63. The molecule has 1 fully saturated rings. The summed E-state index contributed by atoms with van der Waals surface area (Å²) in [4.78, 5) is 31.8. The van der Waals surface area contributed by atoms with Gasteiger partial charge in [-0.25, -0.2) is 4.98 Å². The van der Waals surface area contributed by atoms with Gasteiger partial charge in [0.2, 0.25) is 11.8 Å². The van der Waals surface area contributed by atoms with Crippen molar-refractivity contribution in [3.8, 4) is 10.6 Å². The van der Waals surface area contributed by atoms with Crippen LogP contribution in [-0.2, 0) is 9.59 Å². The second-order valence-electron chi connectivity index (χ2n) is 9.64. The Bertz CT molecular complexity index is 1160. The standard InChI is InChI=1S/C27H34N4O2S/c1-17(2)25(32)28-15-20-6-5-13-31(16-20)19(4)26(33)29-22-10-8-21(9-11-22)27-30-23-12-7-18(3)14-24(23)34-27/h7-12,14,17,19-20H,5-6,13,15-16H2,1-4H3,(H,28,32)(H,29,33). The molecule has 34 heavy (non-hydrogen) atoms. The highest BCUT2D eigenvalue weighted by Gasteiger charge is 2.27. The van der Waals surface area contributed by atoms with Crippen LogP contribution in [0.5, 0.6) is 0 Å². The van der Waals surface area contributed by atoms with Crippen molar-refractivity contribution < 1.29 is 9.59 Å². The molecule has 1 saturated heterocycles. The number of thiazole rings is 1. The Morgan fingerprint density at radius 1 is 1.12 bits per heavy atom. The monoisotopic (exact) mass is 478 g/mol. The second-order valence-corrected chi connectivity index (χ2v) is 10.7. The average Bonchev–Trinajstić information content (AvgIpc) is 3.25. The van der Waals surface area contributed by atoms with Gasteiger partial charge in [0.15, 0.2) is 0 Å². The molecule has 2 aromatic carbocycles. The minimum absolute atomic E-state index is 0.00456. The van der Waals surface area contributed by atoms with Crippen molar-refractivity contribution in [3.05, 3.63) is 48.0 Å². The van der Waals surface area contributed by atoms with E-state index in [2.05, 4.69) is 40.7 Å². The van der Waals surface area contributed by atoms with Crippen molar-refractivity contribution in [2.45, 2.75) is 46.6 Å². The first-order valence-corrected chi connectivity index (χ1v) is 12.9. The summed E-state index contributed by atoms with van der Waals surface area (Å²) in [5, 5.41) is 7.09. The summed E-state index contributed by atoms with van der Waals surface area (Å²) in [6.45, 7) is 10.3. The third-order valence-electron chi connectivity index (χ3n) is 6.51. The van der Waals surface area contributed by atoms with Gasteiger partial charge in [0, 0.05) is 30.3 Å². The van der Waals surface area contributed by atoms with Crippen LogP contribution in [-0.4, -0.2) is 47.4 Å². The van der Waals surface area contributed by atoms with Gasteiger partial charge in [0.1, 0.15) is 5.01 Å². The number of anilines is 1. The van der Waals surface area contributed by atoms with Gasteiger partial charge in [-0.1, -0.05) is 19.9 Å². The predicted molar refractivity (Wildman–Crippen MR) is 140 cm³/mol. The van der Waals surface area contributed by atoms with E-state index in [0.29, 0.717) is 12.5 Å². The maximum Gasteiger partial charge on any atom is 0.241 e. The summed E-state index contributed by atoms with van der Waals surface area (Å²) in [6.07, 6.45) is 2.12. The molecule has 2 amide bonds. The number of piperidine rings is 1. The quantitative estimate of drug-likeness (QED) is 0.496. The van der Waals surface area contributed by atoms with Gasteiger partial charge >= 0.3 is 0 Å². The molecule has 0 aliphatic carbocycles. The van der Waals surface area contributed by atoms with E-state index in [4.69, 9.17) is 4.98 Å². The molecule has 7 heteroatoms. The fourth-order valence-electron chi connectivity index (χ4n) is 4.33. The van der Waals surface area contributed by atoms with Crippen molar-refractivity contribution in [2.75, 3.05) is 25.0 Å². The van der Waals surface area contributed by atoms with Crippen LogP contribution in [0.25, 0.3) is 20.8 Å². The molecule has 1 aromatic heterocycles. The van der Waals surface area contributed by atoms with E-state index in [1.54, 1.807) is 11.3 Å². The number of aryl methyl sites for hydroxylation is 1. The minimum atomic E-state index is -0.226. The van der Waals surface area contributed by atoms with E-state index in [1.165, 1.54) is 10.3 Å². The third kappa shape index (κ3) is 5.83. The van der Waals surface area contributed by atoms with Gasteiger partial charge in [-0.05, 0) is 81.1 Å². The fraction of sp³-hybridized carbons (Fsp3) is 0.444. The van der Waals surface area contributed by atoms with Crippen LogP contribution in [0.15, 0.2) is 42.5 Å². The smallest absolute Gasteiger partial charge is 0.241 e. The molecule has 4 rings (SSSR count). The topological polar surface area (TPSA) is 74.3 Å². The van der Waals surface area contributed by atoms with E-state index >= 15 is 0 Å². The molecule has 3 aromatic rings. The molecule has 2 unspecified atom stereocenters. The molecule has 6 nitrogen and oxygen atoms in total. The number of hydrogen-bond donors (Lipinski definition) is 2. The molecule has 180 valence electrons. The summed E-state index contributed by atoms with van der Waals surface area (Å²) in [7, 11) is 0. The van der Waals surface area contributed by atoms with Crippen molar-refractivity contribution in [1.29, 1.82) is 0 Å². The van der Waals surface area contributed by atoms with Crippen LogP contribution in [0.4, 0.5) is 5.69 Å². The summed E-state index contributed by atoms with van der Waals surface area (Å²) in [5.41, 5.74) is 4.08. The molecule has 0 spiro atoms. The zero-order valence-corrected chi connectivity index (χ0v) is 21.2. The number of fused-ring (bicyclic) bond motifs is 1. The zero-order chi connectivity index (χ0) is 24.2. The van der Waals surface area contributed by atoms with E-state index < -0.39 is 0 Å². The van der Waals surface area contributed by atoms with E-state index in [1.807, 2.05) is 45.0 Å². The third-order valence-corrected chi connectivity index (χ3v) is 7.58. The number of aromatic nitrogens is 1. The number of likely N-dealkylation sites (tertiary alicyclic amines) is 1. The molecule has 1 aliphatic heterocycles. The van der Waals surface area contributed by atoms with Gasteiger partial charge in [-0.3, -0.25) is 14.5 Å². The highest BCUT2D eigenvalue weighted by molar-refractivity contribution is 7.21. The SMILES string of the molecule is Cc1ccc2nc(-c3ccc(NC(=O)C(C)N4CCCC(CNC(=O)C(C)C)C4)cc3)sc2c1. The van der Waals surface area contributed by atoms with E-state index in [-0.39, 0.29) is 23.8 Å². The maximum absolute atomic E-state index is 12.9. The van der Waals surface area contributed by atoms with Crippen LogP contribution in [0, 0.1) is 18.8 Å². The lowest BCUT2D eigenvalue weighted by atomic mass is 9.96. The Labute approximate surface area is 205 Å². The van der Waals surface area contributed by atoms with Crippen molar-refractivity contribution in [1.82, 2.24) is 15.2 Å². The number of nitrogens with one attached hydrogen (secondary N) is 2. The first-order valence-electron chi connectivity index (χ1n) is 12.1. The highest BCUT2D eigenvalue weighted by atomic mass is 32.1. The summed E-state index contributed by atoms with van der Waals surface area (Å²) in [5.74, 6) is 0.459. The first-order chi connectivity index (χ1) is 16.3. The van der Waals surface area contributed by atoms with Gasteiger partial charge in [0.05, 0.1) is 16.3 Å². The van der Waals surface area contributed by atoms with Gasteiger partial charge in [0.25, 0.3) is 0 Å². The maximum atomic E-state index is 12.9. The number of carbonyl (C=O) groups is 2. The molecule has 0 bridgehead atoms. The number of amides is 2. The summed E-state index contributed by atoms with van der Waals surface area (Å²) in [6, 6.07) is 14.0. The average molecular weight is 479 g/mol. The highest BCUT2D eigenvalue weighted by Crippen LogP contribution is 2.31. The predicted octanol–water partition coefficient (Wildman–Crippen LogP) is 5.08. The molecule has 0 saturated carbocycles. The van der Waals surface area contributed by atoms with Crippen LogP contribution in [0.3, 0.4) is 0 Å². The van der Waals surface area contributed by atoms with Crippen LogP contribution in [0.2, 0.25) is 0 Å². The molecule has 2 N–H and O–H groups in total. The number of benzene rings is 2. The van der Waals surface area contributed by atoms with Crippen molar-refractivity contribution >= 4 is 39.1 Å².